The van der Waals surface area contributed by atoms with Gasteiger partial charge in [-0.1, -0.05) is 26.0 Å². The number of ether oxygens (including phenoxy) is 1. The number of nitrogens with zero attached hydrogens (tertiary/aromatic N) is 2. The zero-order chi connectivity index (χ0) is 20.7. The topological polar surface area (TPSA) is 92.7 Å². The quantitative estimate of drug-likeness (QED) is 0.588. The van der Waals surface area contributed by atoms with E-state index in [4.69, 9.17) is 4.74 Å². The molecule has 0 aliphatic carbocycles. The maximum absolute atomic E-state index is 12.5. The van der Waals surface area contributed by atoms with Crippen LogP contribution in [-0.2, 0) is 9.53 Å². The van der Waals surface area contributed by atoms with E-state index in [1.54, 1.807) is 33.2 Å². The number of carbonyl (C=O) groups is 2. The van der Waals surface area contributed by atoms with E-state index in [0.29, 0.717) is 6.42 Å². The van der Waals surface area contributed by atoms with Crippen LogP contribution in [0.3, 0.4) is 0 Å². The lowest BCUT2D eigenvalue weighted by atomic mass is 10.0. The normalized spacial score (nSPS) is 12.9. The Bertz CT molecular complexity index is 856. The maximum atomic E-state index is 12.5. The Kier molecular flexibility index (Phi) is 7.09. The van der Waals surface area contributed by atoms with E-state index in [1.165, 1.54) is 0 Å². The lowest BCUT2D eigenvalue weighted by molar-refractivity contribution is -0.123. The first-order chi connectivity index (χ1) is 13.1. The van der Waals surface area contributed by atoms with Crippen molar-refractivity contribution < 1.29 is 14.3 Å². The Morgan fingerprint density at radius 3 is 2.68 bits per heavy atom. The van der Waals surface area contributed by atoms with Crippen molar-refractivity contribution in [3.63, 3.8) is 0 Å². The summed E-state index contributed by atoms with van der Waals surface area (Å²) in [5.74, 6) is -0.180. The van der Waals surface area contributed by atoms with Crippen LogP contribution in [-0.4, -0.2) is 34.8 Å². The Hall–Kier alpha value is -2.96. The number of hydrogen-bond acceptors (Lipinski definition) is 5. The Labute approximate surface area is 165 Å². The monoisotopic (exact) mass is 384 g/mol. The van der Waals surface area contributed by atoms with Crippen LogP contribution < -0.4 is 10.7 Å². The number of benzene rings is 1. The SMILES string of the molecule is CC(C)C[C@H](NC(=O)OC(C)(C)C)C(=O)N/N=C\c1ccc2ncccc2c1. The first kappa shape index (κ1) is 21.3. The minimum atomic E-state index is -0.729. The Balaban J connectivity index is 2.00. The third-order valence-electron chi connectivity index (χ3n) is 3.73. The number of pyridine rings is 1. The summed E-state index contributed by atoms with van der Waals surface area (Å²) in [7, 11) is 0. The molecule has 0 unspecified atom stereocenters. The van der Waals surface area contributed by atoms with Gasteiger partial charge in [-0.15, -0.1) is 0 Å². The molecule has 0 bridgehead atoms. The van der Waals surface area contributed by atoms with E-state index in [9.17, 15) is 9.59 Å². The van der Waals surface area contributed by atoms with Gasteiger partial charge in [0.2, 0.25) is 0 Å². The van der Waals surface area contributed by atoms with Crippen LogP contribution in [0.4, 0.5) is 4.79 Å². The number of carbonyl (C=O) groups excluding carboxylic acids is 2. The highest BCUT2D eigenvalue weighted by molar-refractivity contribution is 5.90. The lowest BCUT2D eigenvalue weighted by Gasteiger charge is -2.23. The van der Waals surface area contributed by atoms with E-state index >= 15 is 0 Å². The third-order valence-corrected chi connectivity index (χ3v) is 3.73. The molecule has 150 valence electrons. The molecule has 0 spiro atoms. The molecule has 28 heavy (non-hydrogen) atoms. The van der Waals surface area contributed by atoms with E-state index < -0.39 is 23.6 Å². The smallest absolute Gasteiger partial charge is 0.408 e. The summed E-state index contributed by atoms with van der Waals surface area (Å²) in [6.07, 6.45) is 3.15. The number of alkyl carbamates (subject to hydrolysis) is 1. The minimum Gasteiger partial charge on any atom is -0.444 e. The molecule has 2 aromatic rings. The van der Waals surface area contributed by atoms with Crippen molar-refractivity contribution in [1.29, 1.82) is 0 Å². The maximum Gasteiger partial charge on any atom is 0.408 e. The molecule has 2 amide bonds. The van der Waals surface area contributed by atoms with Crippen LogP contribution in [0.15, 0.2) is 41.6 Å². The standard InChI is InChI=1S/C21H28N4O3/c1-14(2)11-18(24-20(27)28-21(3,4)5)19(26)25-23-13-15-8-9-17-16(12-15)7-6-10-22-17/h6-10,12-14,18H,11H2,1-5H3,(H,24,27)(H,25,26)/b23-13-/t18-/m0/s1. The molecule has 0 fully saturated rings. The minimum absolute atomic E-state index is 0.211. The number of fused-ring (bicyclic) bond motifs is 1. The van der Waals surface area contributed by atoms with E-state index in [2.05, 4.69) is 20.8 Å². The molecule has 0 radical (unpaired) electrons. The molecule has 2 rings (SSSR count). The largest absolute Gasteiger partial charge is 0.444 e. The van der Waals surface area contributed by atoms with Gasteiger partial charge in [-0.3, -0.25) is 9.78 Å². The van der Waals surface area contributed by atoms with Gasteiger partial charge in [-0.2, -0.15) is 5.10 Å². The fourth-order valence-electron chi connectivity index (χ4n) is 2.58. The molecule has 7 heteroatoms. The molecular weight excluding hydrogens is 356 g/mol. The molecule has 0 saturated carbocycles. The molecule has 0 aliphatic heterocycles. The van der Waals surface area contributed by atoms with Gasteiger partial charge in [-0.05, 0) is 56.9 Å². The first-order valence-electron chi connectivity index (χ1n) is 9.31. The summed E-state index contributed by atoms with van der Waals surface area (Å²) in [6.45, 7) is 9.27. The van der Waals surface area contributed by atoms with Crippen LogP contribution >= 0.6 is 0 Å². The van der Waals surface area contributed by atoms with Gasteiger partial charge >= 0.3 is 6.09 Å². The predicted octanol–water partition coefficient (Wildman–Crippen LogP) is 3.62. The summed E-state index contributed by atoms with van der Waals surface area (Å²) in [4.78, 5) is 28.8. The highest BCUT2D eigenvalue weighted by Crippen LogP contribution is 2.12. The fourth-order valence-corrected chi connectivity index (χ4v) is 2.58. The van der Waals surface area contributed by atoms with Gasteiger partial charge in [-0.25, -0.2) is 10.2 Å². The highest BCUT2D eigenvalue weighted by Gasteiger charge is 2.24. The summed E-state index contributed by atoms with van der Waals surface area (Å²) >= 11 is 0. The van der Waals surface area contributed by atoms with Crippen molar-refractivity contribution in [2.24, 2.45) is 11.0 Å². The van der Waals surface area contributed by atoms with Gasteiger partial charge in [0.25, 0.3) is 5.91 Å². The lowest BCUT2D eigenvalue weighted by Crippen LogP contribution is -2.47. The summed E-state index contributed by atoms with van der Waals surface area (Å²) in [6, 6.07) is 8.79. The molecule has 1 aromatic carbocycles. The number of hydrazone groups is 1. The van der Waals surface area contributed by atoms with Crippen molar-refractivity contribution in [2.75, 3.05) is 0 Å². The molecule has 0 aliphatic rings. The van der Waals surface area contributed by atoms with E-state index in [0.717, 1.165) is 16.5 Å². The van der Waals surface area contributed by atoms with Gasteiger partial charge in [0, 0.05) is 11.6 Å². The van der Waals surface area contributed by atoms with Crippen molar-refractivity contribution in [3.8, 4) is 0 Å². The molecule has 1 atom stereocenters. The van der Waals surface area contributed by atoms with Gasteiger partial charge in [0.1, 0.15) is 11.6 Å². The van der Waals surface area contributed by atoms with Gasteiger partial charge < -0.3 is 10.1 Å². The molecule has 7 nitrogen and oxygen atoms in total. The summed E-state index contributed by atoms with van der Waals surface area (Å²) < 4.78 is 5.24. The van der Waals surface area contributed by atoms with Crippen LogP contribution in [0.1, 0.15) is 46.6 Å². The van der Waals surface area contributed by atoms with Crippen molar-refractivity contribution >= 4 is 29.1 Å². The molecular formula is C21H28N4O3. The van der Waals surface area contributed by atoms with Crippen molar-refractivity contribution in [3.05, 3.63) is 42.1 Å². The van der Waals surface area contributed by atoms with Crippen LogP contribution in [0.5, 0.6) is 0 Å². The average Bonchev–Trinajstić information content (AvgIpc) is 2.59. The second kappa shape index (κ2) is 9.30. The van der Waals surface area contributed by atoms with E-state index in [-0.39, 0.29) is 5.92 Å². The Morgan fingerprint density at radius 1 is 1.25 bits per heavy atom. The number of hydrogen-bond donors (Lipinski definition) is 2. The average molecular weight is 384 g/mol. The second-order valence-electron chi connectivity index (χ2n) is 8.02. The van der Waals surface area contributed by atoms with Crippen LogP contribution in [0.25, 0.3) is 10.9 Å². The van der Waals surface area contributed by atoms with Crippen LogP contribution in [0.2, 0.25) is 0 Å². The van der Waals surface area contributed by atoms with Crippen molar-refractivity contribution in [2.45, 2.75) is 52.7 Å². The molecule has 0 saturated heterocycles. The predicted molar refractivity (Wildman–Crippen MR) is 110 cm³/mol. The zero-order valence-electron chi connectivity index (χ0n) is 17.0. The first-order valence-corrected chi connectivity index (χ1v) is 9.31. The summed E-state index contributed by atoms with van der Waals surface area (Å²) in [5.41, 5.74) is 3.59. The molecule has 1 aromatic heterocycles. The summed E-state index contributed by atoms with van der Waals surface area (Å²) in [5, 5.41) is 7.63. The second-order valence-corrected chi connectivity index (χ2v) is 8.02. The molecule has 2 N–H and O–H groups in total. The molecule has 1 heterocycles. The van der Waals surface area contributed by atoms with Crippen molar-refractivity contribution in [1.82, 2.24) is 15.7 Å². The highest BCUT2D eigenvalue weighted by atomic mass is 16.6. The van der Waals surface area contributed by atoms with Gasteiger partial charge in [0.15, 0.2) is 0 Å². The Morgan fingerprint density at radius 2 is 2.00 bits per heavy atom. The number of nitrogens with one attached hydrogen (secondary N) is 2. The van der Waals surface area contributed by atoms with Crippen LogP contribution in [0, 0.1) is 5.92 Å². The van der Waals surface area contributed by atoms with E-state index in [1.807, 2.05) is 44.2 Å². The van der Waals surface area contributed by atoms with Gasteiger partial charge in [0.05, 0.1) is 11.7 Å². The third kappa shape index (κ3) is 6.98. The number of amides is 2. The zero-order valence-corrected chi connectivity index (χ0v) is 17.0. The number of rotatable bonds is 6. The number of aromatic nitrogens is 1. The fraction of sp³-hybridized carbons (Fsp3) is 0.429.